The second kappa shape index (κ2) is 5.17. The fourth-order valence-electron chi connectivity index (χ4n) is 2.19. The maximum Gasteiger partial charge on any atom is 0.173 e. The first-order chi connectivity index (χ1) is 8.84. The van der Waals surface area contributed by atoms with Gasteiger partial charge in [0.2, 0.25) is 0 Å². The maximum atomic E-state index is 4.32. The summed E-state index contributed by atoms with van der Waals surface area (Å²) in [6.45, 7) is 5.18. The molecule has 3 rings (SSSR count). The van der Waals surface area contributed by atoms with Crippen LogP contribution >= 0.6 is 11.3 Å². The molecule has 0 atom stereocenters. The van der Waals surface area contributed by atoms with Crippen molar-refractivity contribution in [3.05, 3.63) is 23.3 Å². The molecule has 0 radical (unpaired) electrons. The number of nitrogens with one attached hydrogen (secondary N) is 1. The van der Waals surface area contributed by atoms with E-state index in [-0.39, 0.29) is 0 Å². The molecule has 0 aromatic carbocycles. The second-order valence-corrected chi connectivity index (χ2v) is 5.45. The molecule has 0 bridgehead atoms. The lowest BCUT2D eigenvalue weighted by Gasteiger charge is -2.26. The van der Waals surface area contributed by atoms with Crippen LogP contribution in [0.4, 0.5) is 0 Å². The van der Waals surface area contributed by atoms with Crippen LogP contribution < -0.4 is 5.32 Å². The minimum atomic E-state index is 0.885. The van der Waals surface area contributed by atoms with E-state index in [2.05, 4.69) is 36.4 Å². The SMILES string of the molecule is Cn1c(CN2CCNCC2)nnc1-c1cccs1. The lowest BCUT2D eigenvalue weighted by molar-refractivity contribution is 0.226. The van der Waals surface area contributed by atoms with Crippen molar-refractivity contribution in [1.29, 1.82) is 0 Å². The van der Waals surface area contributed by atoms with E-state index in [1.54, 1.807) is 11.3 Å². The highest BCUT2D eigenvalue weighted by Crippen LogP contribution is 2.22. The molecule has 6 heteroatoms. The first kappa shape index (κ1) is 11.8. The molecule has 1 N–H and O–H groups in total. The first-order valence-corrected chi connectivity index (χ1v) is 7.08. The summed E-state index contributed by atoms with van der Waals surface area (Å²) in [4.78, 5) is 3.59. The second-order valence-electron chi connectivity index (χ2n) is 4.50. The lowest BCUT2D eigenvalue weighted by Crippen LogP contribution is -2.43. The fourth-order valence-corrected chi connectivity index (χ4v) is 2.93. The predicted molar refractivity (Wildman–Crippen MR) is 72.5 cm³/mol. The van der Waals surface area contributed by atoms with Crippen LogP contribution in [0.5, 0.6) is 0 Å². The number of hydrogen-bond acceptors (Lipinski definition) is 5. The standard InChI is InChI=1S/C12H17N5S/c1-16-11(9-17-6-4-13-5-7-17)14-15-12(16)10-3-2-8-18-10/h2-3,8,13H,4-7,9H2,1H3. The third kappa shape index (κ3) is 2.31. The third-order valence-electron chi connectivity index (χ3n) is 3.28. The van der Waals surface area contributed by atoms with Crippen LogP contribution in [0.3, 0.4) is 0 Å². The Labute approximate surface area is 110 Å². The fraction of sp³-hybridized carbons (Fsp3) is 0.500. The van der Waals surface area contributed by atoms with Gasteiger partial charge in [-0.05, 0) is 11.4 Å². The molecule has 0 saturated carbocycles. The number of aromatic nitrogens is 3. The Bertz CT molecular complexity index is 499. The molecule has 1 fully saturated rings. The summed E-state index contributed by atoms with van der Waals surface area (Å²) >= 11 is 1.70. The zero-order valence-corrected chi connectivity index (χ0v) is 11.3. The number of thiophene rings is 1. The highest BCUT2D eigenvalue weighted by molar-refractivity contribution is 7.13. The molecule has 0 unspecified atom stereocenters. The highest BCUT2D eigenvalue weighted by atomic mass is 32.1. The van der Waals surface area contributed by atoms with Crippen LogP contribution in [0.1, 0.15) is 5.82 Å². The van der Waals surface area contributed by atoms with Gasteiger partial charge in [-0.2, -0.15) is 0 Å². The van der Waals surface area contributed by atoms with Crippen molar-refractivity contribution in [2.24, 2.45) is 7.05 Å². The van der Waals surface area contributed by atoms with Gasteiger partial charge >= 0.3 is 0 Å². The van der Waals surface area contributed by atoms with E-state index in [0.29, 0.717) is 0 Å². The molecule has 5 nitrogen and oxygen atoms in total. The van der Waals surface area contributed by atoms with E-state index in [4.69, 9.17) is 0 Å². The van der Waals surface area contributed by atoms with Crippen molar-refractivity contribution < 1.29 is 0 Å². The topological polar surface area (TPSA) is 46.0 Å². The van der Waals surface area contributed by atoms with Gasteiger partial charge < -0.3 is 9.88 Å². The molecule has 18 heavy (non-hydrogen) atoms. The molecule has 3 heterocycles. The number of nitrogens with zero attached hydrogens (tertiary/aromatic N) is 4. The van der Waals surface area contributed by atoms with Gasteiger partial charge in [-0.15, -0.1) is 21.5 Å². The van der Waals surface area contributed by atoms with Gasteiger partial charge in [0.05, 0.1) is 11.4 Å². The van der Waals surface area contributed by atoms with Gasteiger partial charge in [-0.1, -0.05) is 6.07 Å². The zero-order chi connectivity index (χ0) is 12.4. The van der Waals surface area contributed by atoms with E-state index < -0.39 is 0 Å². The zero-order valence-electron chi connectivity index (χ0n) is 10.5. The quantitative estimate of drug-likeness (QED) is 0.895. The summed E-state index contributed by atoms with van der Waals surface area (Å²) in [5.41, 5.74) is 0. The summed E-state index contributed by atoms with van der Waals surface area (Å²) in [7, 11) is 2.05. The smallest absolute Gasteiger partial charge is 0.173 e. The normalized spacial score (nSPS) is 17.2. The van der Waals surface area contributed by atoms with Crippen molar-refractivity contribution in [3.63, 3.8) is 0 Å². The van der Waals surface area contributed by atoms with Crippen LogP contribution in [0, 0.1) is 0 Å². The minimum absolute atomic E-state index is 0.885. The molecular formula is C12H17N5S. The summed E-state index contributed by atoms with van der Waals surface area (Å²) in [5.74, 6) is 2.01. The Kier molecular flexibility index (Phi) is 3.40. The number of piperazine rings is 1. The Hall–Kier alpha value is -1.24. The third-order valence-corrected chi connectivity index (χ3v) is 4.15. The van der Waals surface area contributed by atoms with E-state index in [0.717, 1.165) is 44.4 Å². The van der Waals surface area contributed by atoms with Crippen LogP contribution in [0.25, 0.3) is 10.7 Å². The summed E-state index contributed by atoms with van der Waals surface area (Å²) < 4.78 is 2.11. The maximum absolute atomic E-state index is 4.32. The molecule has 2 aromatic rings. The summed E-state index contributed by atoms with van der Waals surface area (Å²) in [5, 5.41) is 14.1. The monoisotopic (exact) mass is 263 g/mol. The molecule has 1 aliphatic heterocycles. The molecule has 1 saturated heterocycles. The van der Waals surface area contributed by atoms with Gasteiger partial charge in [0, 0.05) is 33.2 Å². The predicted octanol–water partition coefficient (Wildman–Crippen LogP) is 0.949. The molecule has 0 spiro atoms. The Morgan fingerprint density at radius 3 is 2.89 bits per heavy atom. The van der Waals surface area contributed by atoms with Crippen LogP contribution in [-0.2, 0) is 13.6 Å². The van der Waals surface area contributed by atoms with E-state index in [1.165, 1.54) is 4.88 Å². The Morgan fingerprint density at radius 1 is 1.33 bits per heavy atom. The van der Waals surface area contributed by atoms with E-state index >= 15 is 0 Å². The first-order valence-electron chi connectivity index (χ1n) is 6.20. The van der Waals surface area contributed by atoms with Crippen LogP contribution in [0.2, 0.25) is 0 Å². The van der Waals surface area contributed by atoms with Crippen molar-refractivity contribution >= 4 is 11.3 Å². The molecule has 0 amide bonds. The van der Waals surface area contributed by atoms with Gasteiger partial charge in [0.1, 0.15) is 5.82 Å². The minimum Gasteiger partial charge on any atom is -0.314 e. The van der Waals surface area contributed by atoms with Gasteiger partial charge in [-0.25, -0.2) is 0 Å². The number of hydrogen-bond donors (Lipinski definition) is 1. The molecule has 0 aliphatic carbocycles. The van der Waals surface area contributed by atoms with Gasteiger partial charge in [-0.3, -0.25) is 4.90 Å². The van der Waals surface area contributed by atoms with Crippen molar-refractivity contribution in [2.45, 2.75) is 6.54 Å². The molecule has 2 aromatic heterocycles. The van der Waals surface area contributed by atoms with Crippen molar-refractivity contribution in [2.75, 3.05) is 26.2 Å². The largest absolute Gasteiger partial charge is 0.314 e. The van der Waals surface area contributed by atoms with Gasteiger partial charge in [0.25, 0.3) is 0 Å². The van der Waals surface area contributed by atoms with Crippen LogP contribution in [-0.4, -0.2) is 45.8 Å². The molecular weight excluding hydrogens is 246 g/mol. The number of rotatable bonds is 3. The van der Waals surface area contributed by atoms with E-state index in [1.807, 2.05) is 13.1 Å². The lowest BCUT2D eigenvalue weighted by atomic mass is 10.3. The summed E-state index contributed by atoms with van der Waals surface area (Å²) in [6.07, 6.45) is 0. The Balaban J connectivity index is 1.77. The van der Waals surface area contributed by atoms with Gasteiger partial charge in [0.15, 0.2) is 5.82 Å². The Morgan fingerprint density at radius 2 is 2.17 bits per heavy atom. The van der Waals surface area contributed by atoms with Crippen LogP contribution in [0.15, 0.2) is 17.5 Å². The van der Waals surface area contributed by atoms with Crippen molar-refractivity contribution in [3.8, 4) is 10.7 Å². The molecule has 96 valence electrons. The van der Waals surface area contributed by atoms with Crippen molar-refractivity contribution in [1.82, 2.24) is 25.0 Å². The average molecular weight is 263 g/mol. The average Bonchev–Trinajstić information content (AvgIpc) is 3.02. The summed E-state index contributed by atoms with van der Waals surface area (Å²) in [6, 6.07) is 4.13. The van der Waals surface area contributed by atoms with E-state index in [9.17, 15) is 0 Å². The highest BCUT2D eigenvalue weighted by Gasteiger charge is 2.16. The molecule has 1 aliphatic rings.